The van der Waals surface area contributed by atoms with Crippen LogP contribution in [0.15, 0.2) is 42.6 Å². The predicted octanol–water partition coefficient (Wildman–Crippen LogP) is 2.81. The van der Waals surface area contributed by atoms with Gasteiger partial charge in [0.2, 0.25) is 27.7 Å². The van der Waals surface area contributed by atoms with Gasteiger partial charge < -0.3 is 30.5 Å². The lowest BCUT2D eigenvalue weighted by Gasteiger charge is -2.32. The Morgan fingerprint density at radius 3 is 2.53 bits per heavy atom. The molecule has 14 nitrogen and oxygen atoms in total. The van der Waals surface area contributed by atoms with Crippen LogP contribution in [0, 0.1) is 17.8 Å². The van der Waals surface area contributed by atoms with Crippen LogP contribution in [0.1, 0.15) is 65.7 Å². The molecule has 0 radical (unpaired) electrons. The van der Waals surface area contributed by atoms with E-state index in [9.17, 15) is 37.8 Å². The molecule has 0 bridgehead atoms. The first-order valence-electron chi connectivity index (χ1n) is 16.7. The highest BCUT2D eigenvalue weighted by molar-refractivity contribution is 7.91. The highest BCUT2D eigenvalue weighted by Gasteiger charge is 2.63. The van der Waals surface area contributed by atoms with Crippen LogP contribution in [0.3, 0.4) is 0 Å². The molecule has 5 N–H and O–H groups in total. The van der Waals surface area contributed by atoms with Crippen LogP contribution in [0.2, 0.25) is 0 Å². The van der Waals surface area contributed by atoms with E-state index in [4.69, 9.17) is 4.74 Å². The van der Waals surface area contributed by atoms with Crippen LogP contribution in [0.25, 0.3) is 10.8 Å². The number of nitrogens with one attached hydrogen (secondary N) is 3. The summed E-state index contributed by atoms with van der Waals surface area (Å²) in [5.41, 5.74) is -1.55. The molecular weight excluding hydrogens is 654 g/mol. The number of ether oxygens (including phenoxy) is 1. The van der Waals surface area contributed by atoms with Gasteiger partial charge in [-0.3, -0.25) is 19.1 Å². The van der Waals surface area contributed by atoms with Gasteiger partial charge in [-0.2, -0.15) is 0 Å². The average Bonchev–Trinajstić information content (AvgIpc) is 3.92. The maximum absolute atomic E-state index is 14.3. The van der Waals surface area contributed by atoms with Crippen molar-refractivity contribution < 1.29 is 42.5 Å². The standard InChI is InChI=1S/C34H43N5O9S/c1-19-8-4-5-9-21-16-34(21,31(43)38-49(46,47)33(3)12-13-33)37-28(41)25-15-22(18-39(25)30(42)27(20(2)14-19)36-32(44)45)48-29-24-11-7-6-10-23(24)26(40)17-35-29/h5-7,9-11,17,19-22,25,27,36,40H,4,8,12-16,18H2,1-3H3,(H,37,41)(H,38,43)(H,44,45)/b9-5-/t19-,20-,21-,22-,25+,27+,34-/m1/s1. The van der Waals surface area contributed by atoms with Crippen molar-refractivity contribution in [2.45, 2.75) is 94.2 Å². The zero-order valence-corrected chi connectivity index (χ0v) is 28.5. The lowest BCUT2D eigenvalue weighted by atomic mass is 9.88. The van der Waals surface area contributed by atoms with E-state index >= 15 is 0 Å². The Labute approximate surface area is 284 Å². The van der Waals surface area contributed by atoms with Crippen LogP contribution in [0.4, 0.5) is 4.79 Å². The number of allylic oxidation sites excluding steroid dienone is 1. The number of pyridine rings is 1. The number of carbonyl (C=O) groups is 4. The van der Waals surface area contributed by atoms with Crippen molar-refractivity contribution in [2.24, 2.45) is 17.8 Å². The molecule has 4 aliphatic rings. The fourth-order valence-corrected chi connectivity index (χ4v) is 8.45. The molecule has 6 rings (SSSR count). The minimum atomic E-state index is -4.00. The molecule has 1 saturated heterocycles. The van der Waals surface area contributed by atoms with Crippen LogP contribution in [0.5, 0.6) is 11.6 Å². The molecule has 7 atom stereocenters. The fraction of sp³-hybridized carbons (Fsp3) is 0.559. The molecule has 0 unspecified atom stereocenters. The number of sulfonamides is 1. The molecule has 264 valence electrons. The summed E-state index contributed by atoms with van der Waals surface area (Å²) in [6.45, 7) is 5.29. The van der Waals surface area contributed by atoms with Crippen molar-refractivity contribution in [2.75, 3.05) is 6.54 Å². The molecule has 2 aliphatic heterocycles. The van der Waals surface area contributed by atoms with Crippen molar-refractivity contribution in [1.82, 2.24) is 25.2 Å². The third-order valence-electron chi connectivity index (χ3n) is 10.5. The van der Waals surface area contributed by atoms with Gasteiger partial charge in [0.1, 0.15) is 29.5 Å². The molecule has 3 fully saturated rings. The van der Waals surface area contributed by atoms with E-state index in [1.54, 1.807) is 38.1 Å². The van der Waals surface area contributed by atoms with Gasteiger partial charge >= 0.3 is 6.09 Å². The third-order valence-corrected chi connectivity index (χ3v) is 12.7. The zero-order chi connectivity index (χ0) is 35.3. The number of hydrogen-bond acceptors (Lipinski definition) is 9. The van der Waals surface area contributed by atoms with Crippen molar-refractivity contribution in [3.63, 3.8) is 0 Å². The number of benzene rings is 1. The lowest BCUT2D eigenvalue weighted by Crippen LogP contribution is -2.59. The Bertz CT molecular complexity index is 1810. The number of aromatic nitrogens is 1. The Balaban J connectivity index is 1.34. The number of amides is 4. The number of rotatable bonds is 6. The highest BCUT2D eigenvalue weighted by Crippen LogP contribution is 2.47. The molecule has 2 aromatic rings. The molecule has 3 heterocycles. The topological polar surface area (TPSA) is 204 Å². The Morgan fingerprint density at radius 1 is 1.12 bits per heavy atom. The summed E-state index contributed by atoms with van der Waals surface area (Å²) in [6.07, 6.45) is 5.76. The van der Waals surface area contributed by atoms with E-state index in [-0.39, 0.29) is 36.9 Å². The van der Waals surface area contributed by atoms with Crippen LogP contribution in [-0.4, -0.2) is 87.3 Å². The van der Waals surface area contributed by atoms with E-state index in [0.29, 0.717) is 36.5 Å². The van der Waals surface area contributed by atoms with Gasteiger partial charge in [0.15, 0.2) is 0 Å². The molecule has 1 aromatic heterocycles. The summed E-state index contributed by atoms with van der Waals surface area (Å²) >= 11 is 0. The molecule has 0 spiro atoms. The SMILES string of the molecule is C[C@@H]1CC/C=C\[C@@H]2C[C@@]2(C(=O)NS(=O)(=O)C2(C)CC2)NC(=O)[C@@H]2C[C@@H](Oc3ncc(O)c4ccccc34)CN2C(=O)[C@@H](NC(=O)O)[C@H](C)C1. The quantitative estimate of drug-likeness (QED) is 0.279. The Hall–Kier alpha value is -4.40. The summed E-state index contributed by atoms with van der Waals surface area (Å²) in [5, 5.41) is 26.2. The number of aromatic hydroxyl groups is 1. The van der Waals surface area contributed by atoms with E-state index < -0.39 is 74.1 Å². The number of fused-ring (bicyclic) bond motifs is 3. The van der Waals surface area contributed by atoms with Crippen LogP contribution >= 0.6 is 0 Å². The number of hydrogen-bond donors (Lipinski definition) is 5. The second-order valence-electron chi connectivity index (χ2n) is 14.4. The largest absolute Gasteiger partial charge is 0.506 e. The summed E-state index contributed by atoms with van der Waals surface area (Å²) in [4.78, 5) is 59.7. The van der Waals surface area contributed by atoms with E-state index in [1.807, 2.05) is 19.1 Å². The molecule has 2 aliphatic carbocycles. The smallest absolute Gasteiger partial charge is 0.405 e. The first-order valence-corrected chi connectivity index (χ1v) is 18.2. The van der Waals surface area contributed by atoms with Gasteiger partial charge in [0.05, 0.1) is 17.5 Å². The Kier molecular flexibility index (Phi) is 9.01. The van der Waals surface area contributed by atoms with E-state index in [2.05, 4.69) is 20.3 Å². The molecule has 2 saturated carbocycles. The zero-order valence-electron chi connectivity index (χ0n) is 27.7. The predicted molar refractivity (Wildman–Crippen MR) is 178 cm³/mol. The fourth-order valence-electron chi connectivity index (χ4n) is 7.13. The van der Waals surface area contributed by atoms with E-state index in [0.717, 1.165) is 6.42 Å². The average molecular weight is 698 g/mol. The van der Waals surface area contributed by atoms with Gasteiger partial charge in [-0.1, -0.05) is 44.2 Å². The van der Waals surface area contributed by atoms with Gasteiger partial charge in [0, 0.05) is 23.1 Å². The minimum absolute atomic E-state index is 0.0202. The first kappa shape index (κ1) is 34.5. The molecular formula is C34H43N5O9S. The summed E-state index contributed by atoms with van der Waals surface area (Å²) in [7, 11) is -4.00. The van der Waals surface area contributed by atoms with E-state index in [1.165, 1.54) is 11.1 Å². The molecule has 49 heavy (non-hydrogen) atoms. The van der Waals surface area contributed by atoms with Crippen molar-refractivity contribution in [3.8, 4) is 11.6 Å². The second-order valence-corrected chi connectivity index (χ2v) is 16.6. The normalized spacial score (nSPS) is 32.0. The molecule has 1 aromatic carbocycles. The van der Waals surface area contributed by atoms with Crippen molar-refractivity contribution in [1.29, 1.82) is 0 Å². The number of nitrogens with zero attached hydrogens (tertiary/aromatic N) is 2. The number of carbonyl (C=O) groups excluding carboxylic acids is 3. The Morgan fingerprint density at radius 2 is 1.84 bits per heavy atom. The van der Waals surface area contributed by atoms with Gasteiger partial charge in [-0.05, 0) is 63.4 Å². The summed E-state index contributed by atoms with van der Waals surface area (Å²) in [5.74, 6) is -2.76. The second kappa shape index (κ2) is 12.8. The highest BCUT2D eigenvalue weighted by atomic mass is 32.2. The van der Waals surface area contributed by atoms with Gasteiger partial charge in [-0.25, -0.2) is 18.2 Å². The monoisotopic (exact) mass is 697 g/mol. The summed E-state index contributed by atoms with van der Waals surface area (Å²) < 4.78 is 33.5. The van der Waals surface area contributed by atoms with Crippen LogP contribution < -0.4 is 20.1 Å². The third kappa shape index (κ3) is 6.77. The van der Waals surface area contributed by atoms with Gasteiger partial charge in [-0.15, -0.1) is 0 Å². The maximum Gasteiger partial charge on any atom is 0.405 e. The maximum atomic E-state index is 14.3. The number of carboxylic acid groups (broad SMARTS) is 1. The van der Waals surface area contributed by atoms with Crippen molar-refractivity contribution in [3.05, 3.63) is 42.6 Å². The van der Waals surface area contributed by atoms with Gasteiger partial charge in [0.25, 0.3) is 5.91 Å². The lowest BCUT2D eigenvalue weighted by molar-refractivity contribution is -0.142. The molecule has 15 heteroatoms. The molecule has 4 amide bonds. The summed E-state index contributed by atoms with van der Waals surface area (Å²) in [6, 6.07) is 4.58. The first-order chi connectivity index (χ1) is 23.1. The van der Waals surface area contributed by atoms with Crippen LogP contribution in [-0.2, 0) is 24.4 Å². The van der Waals surface area contributed by atoms with Crippen molar-refractivity contribution >= 4 is 44.6 Å². The minimum Gasteiger partial charge on any atom is -0.506 e.